The topological polar surface area (TPSA) is 128 Å². The number of ether oxygens (including phenoxy) is 1. The zero-order valence-corrected chi connectivity index (χ0v) is 21.5. The normalized spacial score (nSPS) is 16.0. The molecule has 2 N–H and O–H groups in total. The number of carboxylic acids is 1. The van der Waals surface area contributed by atoms with Crippen molar-refractivity contribution in [1.82, 2.24) is 19.1 Å². The molecule has 0 saturated heterocycles. The number of aliphatic carboxylic acids is 1. The average molecular weight is 570 g/mol. The molecule has 1 saturated carbocycles. The molecule has 206 valence electrons. The number of nitrogens with zero attached hydrogens (tertiary/aromatic N) is 4. The minimum Gasteiger partial charge on any atom is -0.481 e. The number of carbonyl (C=O) groups is 1. The molecule has 2 aromatic heterocycles. The molecule has 0 spiro atoms. The molecule has 40 heavy (non-hydrogen) atoms. The van der Waals surface area contributed by atoms with Crippen LogP contribution in [-0.4, -0.2) is 30.2 Å². The summed E-state index contributed by atoms with van der Waals surface area (Å²) < 4.78 is 35.3. The van der Waals surface area contributed by atoms with Crippen molar-refractivity contribution in [3.63, 3.8) is 0 Å². The van der Waals surface area contributed by atoms with Gasteiger partial charge in [0.25, 0.3) is 0 Å². The quantitative estimate of drug-likeness (QED) is 0.288. The molecule has 0 unspecified atom stereocenters. The van der Waals surface area contributed by atoms with Crippen molar-refractivity contribution in [2.24, 2.45) is 11.8 Å². The molecule has 1 aliphatic carbocycles. The number of hydrogen-bond acceptors (Lipinski definition) is 7. The molecule has 5 rings (SSSR count). The molecule has 1 aliphatic rings. The third-order valence-corrected chi connectivity index (χ3v) is 6.63. The first-order valence-corrected chi connectivity index (χ1v) is 12.5. The fourth-order valence-electron chi connectivity index (χ4n) is 4.17. The number of aromatic nitrogens is 4. The van der Waals surface area contributed by atoms with E-state index in [1.54, 1.807) is 24.3 Å². The maximum atomic E-state index is 14.9. The fraction of sp³-hybridized carbons (Fsp3) is 0.222. The number of alkyl halides is 1. The van der Waals surface area contributed by atoms with Gasteiger partial charge in [0.15, 0.2) is 11.6 Å². The van der Waals surface area contributed by atoms with E-state index in [9.17, 15) is 28.3 Å². The molecule has 0 amide bonds. The van der Waals surface area contributed by atoms with E-state index in [1.165, 1.54) is 34.9 Å². The lowest BCUT2D eigenvalue weighted by Crippen LogP contribution is -2.43. The van der Waals surface area contributed by atoms with Crippen LogP contribution in [0.5, 0.6) is 11.6 Å². The van der Waals surface area contributed by atoms with Crippen LogP contribution in [0.4, 0.5) is 20.4 Å². The molecule has 10 nitrogen and oxygen atoms in total. The first-order chi connectivity index (χ1) is 19.2. The SMILES string of the molecule is O=C(O)[C@H]1C[C@@H]1Cn1c(=O)nc(Nc2ccc(Oc3cccc(CF)n3)c(F)c2)n(Cc2ccc(Cl)cc2)c1=O. The molecular weight excluding hydrogens is 548 g/mol. The van der Waals surface area contributed by atoms with Gasteiger partial charge in [-0.15, -0.1) is 0 Å². The molecule has 13 heteroatoms. The first-order valence-electron chi connectivity index (χ1n) is 12.2. The van der Waals surface area contributed by atoms with Gasteiger partial charge in [-0.1, -0.05) is 29.8 Å². The molecule has 2 aromatic carbocycles. The second kappa shape index (κ2) is 11.3. The minimum absolute atomic E-state index is 0.00109. The first kappa shape index (κ1) is 27.0. The summed E-state index contributed by atoms with van der Waals surface area (Å²) in [5.74, 6) is -3.04. The summed E-state index contributed by atoms with van der Waals surface area (Å²) in [6.45, 7) is -0.882. The van der Waals surface area contributed by atoms with Gasteiger partial charge in [-0.2, -0.15) is 4.98 Å². The standard InChI is InChI=1S/C27H22ClF2N5O5/c28-17-6-4-15(5-7-17)13-34-25(33-26(38)35(27(34)39)14-16-10-20(16)24(36)37)32-18-8-9-22(21(30)11-18)40-23-3-1-2-19(12-29)31-23/h1-9,11,16,20H,10,12-14H2,(H,36,37)(H,32,33,38)/t16-,20+/m1/s1. The van der Waals surface area contributed by atoms with E-state index < -0.39 is 35.8 Å². The van der Waals surface area contributed by atoms with Crippen molar-refractivity contribution in [2.75, 3.05) is 5.32 Å². The van der Waals surface area contributed by atoms with Crippen molar-refractivity contribution in [3.05, 3.63) is 104 Å². The number of hydrogen-bond donors (Lipinski definition) is 2. The van der Waals surface area contributed by atoms with Crippen molar-refractivity contribution >= 4 is 29.2 Å². The molecule has 4 aromatic rings. The van der Waals surface area contributed by atoms with Gasteiger partial charge in [0.05, 0.1) is 18.2 Å². The Labute approximate surface area is 230 Å². The number of halogens is 3. The maximum Gasteiger partial charge on any atom is 0.354 e. The van der Waals surface area contributed by atoms with Gasteiger partial charge >= 0.3 is 17.3 Å². The van der Waals surface area contributed by atoms with E-state index in [2.05, 4.69) is 15.3 Å². The highest BCUT2D eigenvalue weighted by Crippen LogP contribution is 2.39. The van der Waals surface area contributed by atoms with Gasteiger partial charge in [-0.3, -0.25) is 9.36 Å². The molecule has 1 fully saturated rings. The number of carboxylic acid groups (broad SMARTS) is 1. The summed E-state index contributed by atoms with van der Waals surface area (Å²) in [4.78, 5) is 45.5. The summed E-state index contributed by atoms with van der Waals surface area (Å²) in [6, 6.07) is 15.0. The Bertz CT molecular complexity index is 1690. The Morgan fingerprint density at radius 1 is 1.10 bits per heavy atom. The van der Waals surface area contributed by atoms with Crippen molar-refractivity contribution in [2.45, 2.75) is 26.2 Å². The highest BCUT2D eigenvalue weighted by molar-refractivity contribution is 6.30. The Hall–Kier alpha value is -4.58. The Kier molecular flexibility index (Phi) is 7.60. The molecule has 0 radical (unpaired) electrons. The van der Waals surface area contributed by atoms with Gasteiger partial charge in [0, 0.05) is 29.4 Å². The Morgan fingerprint density at radius 2 is 1.88 bits per heavy atom. The lowest BCUT2D eigenvalue weighted by Gasteiger charge is -2.16. The number of anilines is 2. The van der Waals surface area contributed by atoms with Gasteiger partial charge in [0.2, 0.25) is 11.8 Å². The number of benzene rings is 2. The van der Waals surface area contributed by atoms with E-state index >= 15 is 0 Å². The van der Waals surface area contributed by atoms with E-state index in [1.807, 2.05) is 0 Å². The largest absolute Gasteiger partial charge is 0.481 e. The molecule has 2 heterocycles. The van der Waals surface area contributed by atoms with Crippen LogP contribution >= 0.6 is 11.6 Å². The van der Waals surface area contributed by atoms with Crippen LogP contribution < -0.4 is 21.4 Å². The summed E-state index contributed by atoms with van der Waals surface area (Å²) >= 11 is 5.97. The highest BCUT2D eigenvalue weighted by atomic mass is 35.5. The van der Waals surface area contributed by atoms with Crippen LogP contribution in [0.3, 0.4) is 0 Å². The number of rotatable bonds is 10. The van der Waals surface area contributed by atoms with Crippen molar-refractivity contribution in [3.8, 4) is 11.6 Å². The van der Waals surface area contributed by atoms with Gasteiger partial charge in [-0.25, -0.2) is 27.9 Å². The zero-order chi connectivity index (χ0) is 28.4. The Balaban J connectivity index is 1.45. The van der Waals surface area contributed by atoms with Crippen LogP contribution in [0, 0.1) is 17.7 Å². The second-order valence-electron chi connectivity index (χ2n) is 9.24. The maximum absolute atomic E-state index is 14.9. The summed E-state index contributed by atoms with van der Waals surface area (Å²) in [5, 5.41) is 12.5. The van der Waals surface area contributed by atoms with Gasteiger partial charge < -0.3 is 15.2 Å². The Morgan fingerprint density at radius 3 is 2.55 bits per heavy atom. The lowest BCUT2D eigenvalue weighted by molar-refractivity contribution is -0.138. The smallest absolute Gasteiger partial charge is 0.354 e. The predicted octanol–water partition coefficient (Wildman–Crippen LogP) is 4.37. The molecule has 2 atom stereocenters. The van der Waals surface area contributed by atoms with E-state index in [-0.39, 0.29) is 48.0 Å². The van der Waals surface area contributed by atoms with Crippen LogP contribution in [0.25, 0.3) is 0 Å². The molecular formula is C27H22ClF2N5O5. The average Bonchev–Trinajstić information content (AvgIpc) is 3.71. The van der Waals surface area contributed by atoms with E-state index in [0.29, 0.717) is 17.0 Å². The van der Waals surface area contributed by atoms with E-state index in [4.69, 9.17) is 16.3 Å². The summed E-state index contributed by atoms with van der Waals surface area (Å²) in [7, 11) is 0. The van der Waals surface area contributed by atoms with Crippen LogP contribution in [0.15, 0.2) is 70.3 Å². The van der Waals surface area contributed by atoms with Gasteiger partial charge in [0.1, 0.15) is 6.67 Å². The third kappa shape index (κ3) is 6.01. The van der Waals surface area contributed by atoms with E-state index in [0.717, 1.165) is 10.6 Å². The molecule has 0 aliphatic heterocycles. The summed E-state index contributed by atoms with van der Waals surface area (Å²) in [6.07, 6.45) is 0.361. The third-order valence-electron chi connectivity index (χ3n) is 6.38. The zero-order valence-electron chi connectivity index (χ0n) is 20.8. The lowest BCUT2D eigenvalue weighted by atomic mass is 10.2. The van der Waals surface area contributed by atoms with Crippen LogP contribution in [0.2, 0.25) is 5.02 Å². The number of nitrogens with one attached hydrogen (secondary N) is 1. The predicted molar refractivity (Wildman–Crippen MR) is 141 cm³/mol. The van der Waals surface area contributed by atoms with Crippen molar-refractivity contribution in [1.29, 1.82) is 0 Å². The molecule has 0 bridgehead atoms. The van der Waals surface area contributed by atoms with Gasteiger partial charge in [-0.05, 0) is 48.2 Å². The van der Waals surface area contributed by atoms with Crippen LogP contribution in [-0.2, 0) is 24.6 Å². The second-order valence-corrected chi connectivity index (χ2v) is 9.67. The minimum atomic E-state index is -0.980. The number of pyridine rings is 1. The van der Waals surface area contributed by atoms with Crippen LogP contribution in [0.1, 0.15) is 17.7 Å². The summed E-state index contributed by atoms with van der Waals surface area (Å²) in [5.41, 5.74) is -0.592. The highest BCUT2D eigenvalue weighted by Gasteiger charge is 2.43. The monoisotopic (exact) mass is 569 g/mol. The fourth-order valence-corrected chi connectivity index (χ4v) is 4.30. The van der Waals surface area contributed by atoms with Crippen molar-refractivity contribution < 1.29 is 23.4 Å².